The van der Waals surface area contributed by atoms with E-state index in [0.29, 0.717) is 5.02 Å². The van der Waals surface area contributed by atoms with Crippen LogP contribution in [0.1, 0.15) is 5.56 Å². The smallest absolute Gasteiger partial charge is 0.0602 e. The summed E-state index contributed by atoms with van der Waals surface area (Å²) in [6.45, 7) is 6.09. The normalized spacial score (nSPS) is 15.3. The summed E-state index contributed by atoms with van der Waals surface area (Å²) in [7, 11) is 0. The molecule has 1 aliphatic heterocycles. The number of hydrogen-bond donors (Lipinski definition) is 1. The Hall–Kier alpha value is -1.87. The summed E-state index contributed by atoms with van der Waals surface area (Å²) in [6.07, 6.45) is 0. The van der Waals surface area contributed by atoms with Crippen molar-refractivity contribution in [1.82, 2.24) is 0 Å². The molecule has 2 aromatic carbocycles. The molecule has 4 heteroatoms. The lowest BCUT2D eigenvalue weighted by molar-refractivity contribution is 0.654. The molecule has 3 rings (SSSR count). The van der Waals surface area contributed by atoms with Crippen LogP contribution in [-0.2, 0) is 0 Å². The fourth-order valence-corrected chi connectivity index (χ4v) is 3.02. The summed E-state index contributed by atoms with van der Waals surface area (Å²) in [5.41, 5.74) is 10.5. The van der Waals surface area contributed by atoms with E-state index in [4.69, 9.17) is 17.3 Å². The molecule has 2 aromatic rings. The molecule has 0 amide bonds. The quantitative estimate of drug-likeness (QED) is 0.861. The Morgan fingerprint density at radius 3 is 2.33 bits per heavy atom. The first kappa shape index (κ1) is 14.1. The average Bonchev–Trinajstić information content (AvgIpc) is 2.47. The number of aryl methyl sites for hydroxylation is 1. The minimum atomic E-state index is 0.689. The van der Waals surface area contributed by atoms with E-state index in [-0.39, 0.29) is 0 Å². The topological polar surface area (TPSA) is 32.5 Å². The number of piperazine rings is 1. The fraction of sp³-hybridized carbons (Fsp3) is 0.294. The molecular formula is C17H20ClN3. The molecule has 0 spiro atoms. The molecule has 0 saturated carbocycles. The van der Waals surface area contributed by atoms with Gasteiger partial charge in [0.15, 0.2) is 0 Å². The number of nitrogens with zero attached hydrogens (tertiary/aromatic N) is 2. The molecule has 1 fully saturated rings. The van der Waals surface area contributed by atoms with Gasteiger partial charge in [0.2, 0.25) is 0 Å². The van der Waals surface area contributed by atoms with Crippen molar-refractivity contribution >= 4 is 28.7 Å². The maximum atomic E-state index is 6.08. The summed E-state index contributed by atoms with van der Waals surface area (Å²) in [5, 5.41) is 0.689. The largest absolute Gasteiger partial charge is 0.397 e. The molecule has 0 aliphatic carbocycles. The molecule has 2 N–H and O–H groups in total. The lowest BCUT2D eigenvalue weighted by Gasteiger charge is -2.38. The van der Waals surface area contributed by atoms with Crippen LogP contribution in [0.5, 0.6) is 0 Å². The maximum Gasteiger partial charge on any atom is 0.0602 e. The van der Waals surface area contributed by atoms with Gasteiger partial charge in [-0.05, 0) is 42.8 Å². The number of benzene rings is 2. The van der Waals surface area contributed by atoms with Crippen molar-refractivity contribution in [3.63, 3.8) is 0 Å². The van der Waals surface area contributed by atoms with Gasteiger partial charge in [0, 0.05) is 36.9 Å². The van der Waals surface area contributed by atoms with Crippen molar-refractivity contribution in [3.05, 3.63) is 53.1 Å². The third kappa shape index (κ3) is 3.08. The standard InChI is InChI=1S/C17H20ClN3/c1-13-3-2-4-15(11-13)20-7-9-21(10-8-20)17-6-5-14(18)12-16(17)19/h2-6,11-12H,7-10,19H2,1H3. The summed E-state index contributed by atoms with van der Waals surface area (Å²) in [4.78, 5) is 4.76. The van der Waals surface area contributed by atoms with Gasteiger partial charge in [-0.3, -0.25) is 0 Å². The van der Waals surface area contributed by atoms with Gasteiger partial charge in [0.25, 0.3) is 0 Å². The Labute approximate surface area is 130 Å². The zero-order valence-corrected chi connectivity index (χ0v) is 13.0. The zero-order valence-electron chi connectivity index (χ0n) is 12.2. The summed E-state index contributed by atoms with van der Waals surface area (Å²) in [6, 6.07) is 14.4. The van der Waals surface area contributed by atoms with E-state index in [0.717, 1.165) is 37.6 Å². The molecule has 21 heavy (non-hydrogen) atoms. The van der Waals surface area contributed by atoms with E-state index < -0.39 is 0 Å². The minimum Gasteiger partial charge on any atom is -0.397 e. The third-order valence-corrected chi connectivity index (χ3v) is 4.21. The maximum absolute atomic E-state index is 6.08. The highest BCUT2D eigenvalue weighted by atomic mass is 35.5. The average molecular weight is 302 g/mol. The molecule has 1 saturated heterocycles. The van der Waals surface area contributed by atoms with Crippen LogP contribution in [0, 0.1) is 6.92 Å². The molecular weight excluding hydrogens is 282 g/mol. The first-order chi connectivity index (χ1) is 10.1. The van der Waals surface area contributed by atoms with E-state index in [1.807, 2.05) is 18.2 Å². The molecule has 0 radical (unpaired) electrons. The first-order valence-corrected chi connectivity index (χ1v) is 7.63. The van der Waals surface area contributed by atoms with Crippen molar-refractivity contribution in [2.75, 3.05) is 41.7 Å². The van der Waals surface area contributed by atoms with Crippen LogP contribution in [0.2, 0.25) is 5.02 Å². The Morgan fingerprint density at radius 2 is 1.67 bits per heavy atom. The van der Waals surface area contributed by atoms with E-state index in [1.54, 1.807) is 0 Å². The van der Waals surface area contributed by atoms with Crippen molar-refractivity contribution < 1.29 is 0 Å². The second-order valence-corrected chi connectivity index (χ2v) is 5.95. The van der Waals surface area contributed by atoms with Crippen molar-refractivity contribution in [2.45, 2.75) is 6.92 Å². The van der Waals surface area contributed by atoms with Gasteiger partial charge in [0.1, 0.15) is 0 Å². The number of halogens is 1. The SMILES string of the molecule is Cc1cccc(N2CCN(c3ccc(Cl)cc3N)CC2)c1. The number of nitrogens with two attached hydrogens (primary N) is 1. The van der Waals surface area contributed by atoms with E-state index in [2.05, 4.69) is 41.0 Å². The molecule has 0 atom stereocenters. The van der Waals surface area contributed by atoms with Crippen LogP contribution >= 0.6 is 11.6 Å². The highest BCUT2D eigenvalue weighted by Crippen LogP contribution is 2.28. The van der Waals surface area contributed by atoms with Gasteiger partial charge in [-0.1, -0.05) is 23.7 Å². The third-order valence-electron chi connectivity index (χ3n) is 3.98. The van der Waals surface area contributed by atoms with Crippen LogP contribution in [0.25, 0.3) is 0 Å². The highest BCUT2D eigenvalue weighted by Gasteiger charge is 2.19. The Morgan fingerprint density at radius 1 is 0.952 bits per heavy atom. The van der Waals surface area contributed by atoms with Crippen LogP contribution in [0.3, 0.4) is 0 Å². The van der Waals surface area contributed by atoms with Crippen molar-refractivity contribution in [3.8, 4) is 0 Å². The van der Waals surface area contributed by atoms with Crippen LogP contribution in [0.4, 0.5) is 17.1 Å². The predicted molar refractivity (Wildman–Crippen MR) is 91.5 cm³/mol. The molecule has 1 aliphatic rings. The predicted octanol–water partition coefficient (Wildman–Crippen LogP) is 3.56. The highest BCUT2D eigenvalue weighted by molar-refractivity contribution is 6.31. The second-order valence-electron chi connectivity index (χ2n) is 5.52. The van der Waals surface area contributed by atoms with Crippen molar-refractivity contribution in [2.24, 2.45) is 0 Å². The lowest BCUT2D eigenvalue weighted by Crippen LogP contribution is -2.46. The summed E-state index contributed by atoms with van der Waals surface area (Å²) in [5.74, 6) is 0. The van der Waals surface area contributed by atoms with Crippen molar-refractivity contribution in [1.29, 1.82) is 0 Å². The molecule has 110 valence electrons. The zero-order chi connectivity index (χ0) is 14.8. The Bertz CT molecular complexity index is 634. The summed E-state index contributed by atoms with van der Waals surface area (Å²) >= 11 is 5.97. The van der Waals surface area contributed by atoms with Crippen LogP contribution in [0.15, 0.2) is 42.5 Å². The lowest BCUT2D eigenvalue weighted by atomic mass is 10.1. The Balaban J connectivity index is 1.70. The molecule has 0 bridgehead atoms. The molecule has 0 aromatic heterocycles. The van der Waals surface area contributed by atoms with E-state index in [1.165, 1.54) is 11.3 Å². The van der Waals surface area contributed by atoms with Crippen LogP contribution in [-0.4, -0.2) is 26.2 Å². The number of nitrogen functional groups attached to an aromatic ring is 1. The molecule has 1 heterocycles. The number of anilines is 3. The van der Waals surface area contributed by atoms with Gasteiger partial charge in [-0.15, -0.1) is 0 Å². The number of hydrogen-bond acceptors (Lipinski definition) is 3. The first-order valence-electron chi connectivity index (χ1n) is 7.25. The second kappa shape index (κ2) is 5.86. The Kier molecular flexibility index (Phi) is 3.93. The fourth-order valence-electron chi connectivity index (χ4n) is 2.84. The van der Waals surface area contributed by atoms with Gasteiger partial charge in [0.05, 0.1) is 11.4 Å². The van der Waals surface area contributed by atoms with E-state index >= 15 is 0 Å². The van der Waals surface area contributed by atoms with Gasteiger partial charge >= 0.3 is 0 Å². The van der Waals surface area contributed by atoms with Gasteiger partial charge in [-0.2, -0.15) is 0 Å². The van der Waals surface area contributed by atoms with Gasteiger partial charge < -0.3 is 15.5 Å². The molecule has 0 unspecified atom stereocenters. The van der Waals surface area contributed by atoms with E-state index in [9.17, 15) is 0 Å². The van der Waals surface area contributed by atoms with Crippen LogP contribution < -0.4 is 15.5 Å². The monoisotopic (exact) mass is 301 g/mol. The summed E-state index contributed by atoms with van der Waals surface area (Å²) < 4.78 is 0. The molecule has 3 nitrogen and oxygen atoms in total. The minimum absolute atomic E-state index is 0.689. The van der Waals surface area contributed by atoms with Gasteiger partial charge in [-0.25, -0.2) is 0 Å². The number of rotatable bonds is 2.